The van der Waals surface area contributed by atoms with Crippen LogP contribution in [-0.4, -0.2) is 23.2 Å². The third-order valence-corrected chi connectivity index (χ3v) is 3.94. The van der Waals surface area contributed by atoms with Crippen LogP contribution in [-0.2, 0) is 0 Å². The molecule has 1 aromatic rings. The molecule has 0 saturated heterocycles. The number of carbonyl (C=O) groups excluding carboxylic acids is 1. The second kappa shape index (κ2) is 6.22. The van der Waals surface area contributed by atoms with Crippen molar-refractivity contribution in [3.8, 4) is 0 Å². The Morgan fingerprint density at radius 2 is 2.05 bits per heavy atom. The second-order valence-corrected chi connectivity index (χ2v) is 5.46. The molecular weight excluding hydrogens is 259 g/mol. The molecule has 2 unspecified atom stereocenters. The minimum absolute atomic E-state index is 0.196. The molecule has 2 atom stereocenters. The van der Waals surface area contributed by atoms with Crippen LogP contribution >= 0.6 is 0 Å². The number of benzene rings is 1. The molecule has 1 aliphatic rings. The number of nitrogens with one attached hydrogen (secondary N) is 1. The molecule has 0 aromatic heterocycles. The topological polar surface area (TPSA) is 75.4 Å². The van der Waals surface area contributed by atoms with Gasteiger partial charge >= 0.3 is 0 Å². The van der Waals surface area contributed by atoms with Gasteiger partial charge in [-0.25, -0.2) is 4.39 Å². The van der Waals surface area contributed by atoms with Crippen LogP contribution in [0.25, 0.3) is 0 Å². The summed E-state index contributed by atoms with van der Waals surface area (Å²) < 4.78 is 13.6. The van der Waals surface area contributed by atoms with Crippen molar-refractivity contribution in [1.29, 1.82) is 0 Å². The zero-order valence-corrected chi connectivity index (χ0v) is 11.7. The lowest BCUT2D eigenvalue weighted by Crippen LogP contribution is -2.42. The average molecular weight is 280 g/mol. The van der Waals surface area contributed by atoms with Gasteiger partial charge in [0.15, 0.2) is 0 Å². The molecule has 1 amide bonds. The predicted molar refractivity (Wildman–Crippen MR) is 75.9 cm³/mol. The van der Waals surface area contributed by atoms with Gasteiger partial charge in [0, 0.05) is 16.8 Å². The van der Waals surface area contributed by atoms with Gasteiger partial charge in [-0.15, -0.1) is 0 Å². The van der Waals surface area contributed by atoms with E-state index in [1.165, 1.54) is 12.1 Å². The number of amides is 1. The van der Waals surface area contributed by atoms with Crippen LogP contribution in [0.1, 0.15) is 48.0 Å². The number of aliphatic hydroxyl groups excluding tert-OH is 1. The Bertz CT molecular complexity index is 482. The first kappa shape index (κ1) is 14.8. The quantitative estimate of drug-likeness (QED) is 0.574. The molecule has 0 radical (unpaired) electrons. The molecule has 1 aliphatic carbocycles. The molecule has 0 bridgehead atoms. The fourth-order valence-electron chi connectivity index (χ4n) is 2.54. The fourth-order valence-corrected chi connectivity index (χ4v) is 2.54. The summed E-state index contributed by atoms with van der Waals surface area (Å²) in [4.78, 5) is 12.1. The van der Waals surface area contributed by atoms with Crippen molar-refractivity contribution in [2.75, 3.05) is 5.73 Å². The molecule has 2 rings (SSSR count). The number of hydrogen-bond donors (Lipinski definition) is 3. The maximum atomic E-state index is 13.6. The van der Waals surface area contributed by atoms with Crippen LogP contribution in [0.5, 0.6) is 0 Å². The molecule has 20 heavy (non-hydrogen) atoms. The number of nitrogen functional groups attached to an aromatic ring is 1. The van der Waals surface area contributed by atoms with Gasteiger partial charge < -0.3 is 16.2 Å². The standard InChI is InChI=1S/C15H21FN2O2/c1-9-11(16)7-10(8-12(9)17)15(20)18-13-5-3-2-4-6-14(13)19/h7-8,13-14,19H,2-6,17H2,1H3,(H,18,20). The van der Waals surface area contributed by atoms with E-state index in [0.29, 0.717) is 12.0 Å². The Balaban J connectivity index is 2.11. The summed E-state index contributed by atoms with van der Waals surface area (Å²) in [5.41, 5.74) is 6.48. The maximum absolute atomic E-state index is 13.6. The molecule has 1 saturated carbocycles. The van der Waals surface area contributed by atoms with Crippen molar-refractivity contribution in [1.82, 2.24) is 5.32 Å². The van der Waals surface area contributed by atoms with Gasteiger partial charge in [0.05, 0.1) is 12.1 Å². The van der Waals surface area contributed by atoms with E-state index in [1.54, 1.807) is 6.92 Å². The lowest BCUT2D eigenvalue weighted by Gasteiger charge is -2.22. The largest absolute Gasteiger partial charge is 0.398 e. The molecule has 1 fully saturated rings. The third kappa shape index (κ3) is 3.28. The molecule has 0 heterocycles. The summed E-state index contributed by atoms with van der Waals surface area (Å²) in [6, 6.07) is 2.39. The second-order valence-electron chi connectivity index (χ2n) is 5.46. The van der Waals surface area contributed by atoms with Crippen LogP contribution in [0.2, 0.25) is 0 Å². The highest BCUT2D eigenvalue weighted by atomic mass is 19.1. The normalized spacial score (nSPS) is 23.1. The zero-order chi connectivity index (χ0) is 14.7. The van der Waals surface area contributed by atoms with Gasteiger partial charge in [0.25, 0.3) is 5.91 Å². The summed E-state index contributed by atoms with van der Waals surface area (Å²) in [5, 5.41) is 12.8. The van der Waals surface area contributed by atoms with Gasteiger partial charge in [-0.05, 0) is 31.9 Å². The highest BCUT2D eigenvalue weighted by Gasteiger charge is 2.24. The average Bonchev–Trinajstić information content (AvgIpc) is 2.61. The number of rotatable bonds is 2. The summed E-state index contributed by atoms with van der Waals surface area (Å²) in [6.45, 7) is 1.57. The molecule has 110 valence electrons. The minimum atomic E-state index is -0.533. The van der Waals surface area contributed by atoms with E-state index in [-0.39, 0.29) is 23.2 Å². The van der Waals surface area contributed by atoms with Crippen molar-refractivity contribution in [2.24, 2.45) is 0 Å². The maximum Gasteiger partial charge on any atom is 0.251 e. The molecule has 4 nitrogen and oxygen atoms in total. The Labute approximate surface area is 118 Å². The molecule has 5 heteroatoms. The SMILES string of the molecule is Cc1c(N)cc(C(=O)NC2CCCCCC2O)cc1F. The van der Waals surface area contributed by atoms with Crippen LogP contribution in [0.3, 0.4) is 0 Å². The van der Waals surface area contributed by atoms with Crippen molar-refractivity contribution >= 4 is 11.6 Å². The van der Waals surface area contributed by atoms with Gasteiger partial charge in [-0.1, -0.05) is 19.3 Å². The van der Waals surface area contributed by atoms with E-state index in [9.17, 15) is 14.3 Å². The van der Waals surface area contributed by atoms with Gasteiger partial charge in [0.1, 0.15) is 5.82 Å². The lowest BCUT2D eigenvalue weighted by atomic mass is 10.0. The first-order valence-corrected chi connectivity index (χ1v) is 7.03. The Morgan fingerprint density at radius 1 is 1.35 bits per heavy atom. The molecule has 0 aliphatic heterocycles. The first-order chi connectivity index (χ1) is 9.49. The third-order valence-electron chi connectivity index (χ3n) is 3.94. The first-order valence-electron chi connectivity index (χ1n) is 7.03. The Hall–Kier alpha value is -1.62. The van der Waals surface area contributed by atoms with Crippen molar-refractivity contribution < 1.29 is 14.3 Å². The van der Waals surface area contributed by atoms with Crippen LogP contribution in [0, 0.1) is 12.7 Å². The minimum Gasteiger partial charge on any atom is -0.398 e. The summed E-state index contributed by atoms with van der Waals surface area (Å²) in [7, 11) is 0. The smallest absolute Gasteiger partial charge is 0.251 e. The van der Waals surface area contributed by atoms with Crippen molar-refractivity contribution in [3.05, 3.63) is 29.1 Å². The van der Waals surface area contributed by atoms with E-state index >= 15 is 0 Å². The Morgan fingerprint density at radius 3 is 2.75 bits per heavy atom. The van der Waals surface area contributed by atoms with Gasteiger partial charge in [-0.3, -0.25) is 4.79 Å². The van der Waals surface area contributed by atoms with E-state index in [4.69, 9.17) is 5.73 Å². The highest BCUT2D eigenvalue weighted by molar-refractivity contribution is 5.95. The number of carbonyl (C=O) groups is 1. The van der Waals surface area contributed by atoms with E-state index < -0.39 is 11.9 Å². The Kier molecular flexibility index (Phi) is 4.60. The monoisotopic (exact) mass is 280 g/mol. The van der Waals surface area contributed by atoms with Gasteiger partial charge in [0.2, 0.25) is 0 Å². The summed E-state index contributed by atoms with van der Waals surface area (Å²) in [6.07, 6.45) is 3.92. The number of halogens is 1. The van der Waals surface area contributed by atoms with Crippen LogP contribution in [0.4, 0.5) is 10.1 Å². The van der Waals surface area contributed by atoms with Crippen molar-refractivity contribution in [3.63, 3.8) is 0 Å². The number of anilines is 1. The van der Waals surface area contributed by atoms with Crippen LogP contribution < -0.4 is 11.1 Å². The highest BCUT2D eigenvalue weighted by Crippen LogP contribution is 2.20. The number of nitrogens with two attached hydrogens (primary N) is 1. The van der Waals surface area contributed by atoms with Crippen molar-refractivity contribution in [2.45, 2.75) is 51.2 Å². The predicted octanol–water partition coefficient (Wildman–Crippen LogP) is 2.14. The van der Waals surface area contributed by atoms with E-state index in [1.807, 2.05) is 0 Å². The molecule has 4 N–H and O–H groups in total. The number of hydrogen-bond acceptors (Lipinski definition) is 3. The van der Waals surface area contributed by atoms with Gasteiger partial charge in [-0.2, -0.15) is 0 Å². The fraction of sp³-hybridized carbons (Fsp3) is 0.533. The molecule has 1 aromatic carbocycles. The zero-order valence-electron chi connectivity index (χ0n) is 11.7. The lowest BCUT2D eigenvalue weighted by molar-refractivity contribution is 0.0818. The van der Waals surface area contributed by atoms with E-state index in [2.05, 4.69) is 5.32 Å². The summed E-state index contributed by atoms with van der Waals surface area (Å²) in [5.74, 6) is -0.877. The van der Waals surface area contributed by atoms with Crippen LogP contribution in [0.15, 0.2) is 12.1 Å². The summed E-state index contributed by atoms with van der Waals surface area (Å²) >= 11 is 0. The molecule has 0 spiro atoms. The van der Waals surface area contributed by atoms with E-state index in [0.717, 1.165) is 25.7 Å². The number of aliphatic hydroxyl groups is 1. The molecular formula is C15H21FN2O2.